The van der Waals surface area contributed by atoms with Crippen molar-refractivity contribution in [1.29, 1.82) is 0 Å². The van der Waals surface area contributed by atoms with Gasteiger partial charge in [-0.25, -0.2) is 4.98 Å². The second-order valence-electron chi connectivity index (χ2n) is 13.3. The Morgan fingerprint density at radius 2 is 0.808 bits per heavy atom. The van der Waals surface area contributed by atoms with Gasteiger partial charge in [0.25, 0.3) is 0 Å². The van der Waals surface area contributed by atoms with Crippen LogP contribution in [0.1, 0.15) is 0 Å². The van der Waals surface area contributed by atoms with Crippen molar-refractivity contribution in [2.24, 2.45) is 0 Å². The van der Waals surface area contributed by atoms with Gasteiger partial charge < -0.3 is 4.57 Å². The van der Waals surface area contributed by atoms with Crippen molar-refractivity contribution in [3.05, 3.63) is 176 Å². The molecular formula is C47H29N5. The summed E-state index contributed by atoms with van der Waals surface area (Å²) in [4.78, 5) is 15.7. The van der Waals surface area contributed by atoms with Gasteiger partial charge in [0.1, 0.15) is 0 Å². The van der Waals surface area contributed by atoms with Crippen molar-refractivity contribution in [2.45, 2.75) is 0 Å². The molecule has 242 valence electrons. The van der Waals surface area contributed by atoms with Gasteiger partial charge in [-0.2, -0.15) is 9.97 Å². The number of nitrogens with zero attached hydrogens (tertiary/aromatic N) is 5. The van der Waals surface area contributed by atoms with Crippen molar-refractivity contribution in [1.82, 2.24) is 24.1 Å². The van der Waals surface area contributed by atoms with E-state index in [0.29, 0.717) is 17.6 Å². The fourth-order valence-corrected chi connectivity index (χ4v) is 7.88. The minimum absolute atomic E-state index is 0.582. The summed E-state index contributed by atoms with van der Waals surface area (Å²) in [7, 11) is 0. The van der Waals surface area contributed by atoms with Crippen molar-refractivity contribution in [3.63, 3.8) is 0 Å². The van der Waals surface area contributed by atoms with Crippen LogP contribution in [0.5, 0.6) is 0 Å². The first-order chi connectivity index (χ1) is 25.8. The molecule has 8 aromatic carbocycles. The quantitative estimate of drug-likeness (QED) is 0.188. The van der Waals surface area contributed by atoms with Gasteiger partial charge in [0, 0.05) is 38.4 Å². The van der Waals surface area contributed by atoms with E-state index in [4.69, 9.17) is 15.0 Å². The third kappa shape index (κ3) is 4.39. The molecule has 0 saturated heterocycles. The molecule has 0 saturated carbocycles. The zero-order chi connectivity index (χ0) is 34.2. The third-order valence-corrected chi connectivity index (χ3v) is 10.3. The fourth-order valence-electron chi connectivity index (χ4n) is 7.88. The summed E-state index contributed by atoms with van der Waals surface area (Å²) in [5.41, 5.74) is 7.33. The van der Waals surface area contributed by atoms with Crippen LogP contribution < -0.4 is 0 Å². The monoisotopic (exact) mass is 663 g/mol. The van der Waals surface area contributed by atoms with Gasteiger partial charge >= 0.3 is 0 Å². The van der Waals surface area contributed by atoms with Crippen molar-refractivity contribution < 1.29 is 0 Å². The molecule has 0 radical (unpaired) electrons. The molecule has 3 heterocycles. The molecule has 5 heteroatoms. The Morgan fingerprint density at radius 1 is 0.308 bits per heavy atom. The van der Waals surface area contributed by atoms with Crippen LogP contribution in [0.25, 0.3) is 99.6 Å². The molecular weight excluding hydrogens is 635 g/mol. The first kappa shape index (κ1) is 28.7. The minimum atomic E-state index is 0.582. The highest BCUT2D eigenvalue weighted by atomic mass is 15.2. The Kier molecular flexibility index (Phi) is 6.18. The van der Waals surface area contributed by atoms with Crippen LogP contribution in [-0.4, -0.2) is 24.1 Å². The molecule has 0 bridgehead atoms. The molecule has 11 aromatic rings. The van der Waals surface area contributed by atoms with Gasteiger partial charge in [-0.15, -0.1) is 0 Å². The number of para-hydroxylation sites is 2. The molecule has 5 nitrogen and oxygen atoms in total. The highest BCUT2D eigenvalue weighted by Gasteiger charge is 2.20. The Labute approximate surface area is 298 Å². The summed E-state index contributed by atoms with van der Waals surface area (Å²) in [5, 5.41) is 9.45. The standard InChI is InChI=1S/C47H29N5/c1-3-13-30(14-4-1)45-48-46(35-23-24-38-37-21-11-12-22-41(37)51(42(38)29-35)36-19-5-2-6-20-36)50-47(49-45)52-43-27-33-17-9-7-15-31(33)25-39(43)40-26-32-16-8-10-18-34(32)28-44(40)52/h1-29H. The lowest BCUT2D eigenvalue weighted by atomic mass is 10.0. The molecule has 3 aromatic heterocycles. The second kappa shape index (κ2) is 11.2. The van der Waals surface area contributed by atoms with Crippen LogP contribution in [0.15, 0.2) is 176 Å². The number of fused-ring (bicyclic) bond motifs is 8. The zero-order valence-corrected chi connectivity index (χ0v) is 28.0. The van der Waals surface area contributed by atoms with E-state index in [0.717, 1.165) is 49.7 Å². The average Bonchev–Trinajstić information content (AvgIpc) is 3.70. The topological polar surface area (TPSA) is 48.5 Å². The molecule has 0 spiro atoms. The number of hydrogen-bond acceptors (Lipinski definition) is 3. The summed E-state index contributed by atoms with van der Waals surface area (Å²) in [6, 6.07) is 62.1. The van der Waals surface area contributed by atoms with E-state index in [2.05, 4.69) is 167 Å². The van der Waals surface area contributed by atoms with E-state index in [1.165, 1.54) is 32.3 Å². The molecule has 0 amide bonds. The molecule has 0 aliphatic carbocycles. The van der Waals surface area contributed by atoms with Crippen molar-refractivity contribution in [3.8, 4) is 34.4 Å². The lowest BCUT2D eigenvalue weighted by Gasteiger charge is -2.12. The lowest BCUT2D eigenvalue weighted by molar-refractivity contribution is 0.954. The Bertz CT molecular complexity index is 3080. The van der Waals surface area contributed by atoms with Crippen LogP contribution in [0.3, 0.4) is 0 Å². The average molecular weight is 664 g/mol. The van der Waals surface area contributed by atoms with Gasteiger partial charge in [0.2, 0.25) is 5.95 Å². The van der Waals surface area contributed by atoms with Crippen molar-refractivity contribution in [2.75, 3.05) is 0 Å². The molecule has 0 aliphatic rings. The number of hydrogen-bond donors (Lipinski definition) is 0. The van der Waals surface area contributed by atoms with E-state index in [1.54, 1.807) is 0 Å². The Hall–Kier alpha value is -7.11. The summed E-state index contributed by atoms with van der Waals surface area (Å²) in [5.74, 6) is 1.83. The van der Waals surface area contributed by atoms with E-state index in [-0.39, 0.29) is 0 Å². The van der Waals surface area contributed by atoms with Gasteiger partial charge in [0.05, 0.1) is 22.1 Å². The zero-order valence-electron chi connectivity index (χ0n) is 28.0. The Balaban J connectivity index is 1.22. The van der Waals surface area contributed by atoms with Crippen LogP contribution in [-0.2, 0) is 0 Å². The number of aromatic nitrogens is 5. The highest BCUT2D eigenvalue weighted by Crippen LogP contribution is 2.38. The predicted octanol–water partition coefficient (Wildman–Crippen LogP) is 11.7. The number of benzene rings is 8. The summed E-state index contributed by atoms with van der Waals surface area (Å²) < 4.78 is 4.55. The van der Waals surface area contributed by atoms with Crippen LogP contribution in [0.2, 0.25) is 0 Å². The molecule has 0 unspecified atom stereocenters. The summed E-state index contributed by atoms with van der Waals surface area (Å²) in [6.45, 7) is 0. The van der Waals surface area contributed by atoms with E-state index in [9.17, 15) is 0 Å². The van der Waals surface area contributed by atoms with Gasteiger partial charge in [-0.05, 0) is 70.1 Å². The SMILES string of the molecule is c1ccc(-c2nc(-c3ccc4c5ccccc5n(-c5ccccc5)c4c3)nc(-n3c4cc5ccccc5cc4c4cc5ccccc5cc43)n2)cc1. The predicted molar refractivity (Wildman–Crippen MR) is 214 cm³/mol. The third-order valence-electron chi connectivity index (χ3n) is 10.3. The maximum absolute atomic E-state index is 5.33. The minimum Gasteiger partial charge on any atom is -0.309 e. The largest absolute Gasteiger partial charge is 0.309 e. The van der Waals surface area contributed by atoms with Gasteiger partial charge in [-0.1, -0.05) is 127 Å². The summed E-state index contributed by atoms with van der Waals surface area (Å²) >= 11 is 0. The van der Waals surface area contributed by atoms with E-state index >= 15 is 0 Å². The number of rotatable bonds is 4. The molecule has 0 N–H and O–H groups in total. The first-order valence-corrected chi connectivity index (χ1v) is 17.5. The maximum Gasteiger partial charge on any atom is 0.238 e. The Morgan fingerprint density at radius 3 is 1.46 bits per heavy atom. The summed E-state index contributed by atoms with van der Waals surface area (Å²) in [6.07, 6.45) is 0. The first-order valence-electron chi connectivity index (χ1n) is 17.5. The van der Waals surface area contributed by atoms with Crippen molar-refractivity contribution >= 4 is 65.2 Å². The van der Waals surface area contributed by atoms with Crippen LogP contribution in [0, 0.1) is 0 Å². The lowest BCUT2D eigenvalue weighted by Crippen LogP contribution is -2.06. The van der Waals surface area contributed by atoms with E-state index < -0.39 is 0 Å². The highest BCUT2D eigenvalue weighted by molar-refractivity contribution is 6.16. The van der Waals surface area contributed by atoms with Gasteiger partial charge in [0.15, 0.2) is 11.6 Å². The molecule has 52 heavy (non-hydrogen) atoms. The molecule has 11 rings (SSSR count). The molecule has 0 atom stereocenters. The van der Waals surface area contributed by atoms with Gasteiger partial charge in [-0.3, -0.25) is 4.57 Å². The second-order valence-corrected chi connectivity index (χ2v) is 13.3. The van der Waals surface area contributed by atoms with Crippen LogP contribution >= 0.6 is 0 Å². The van der Waals surface area contributed by atoms with E-state index in [1.807, 2.05) is 18.2 Å². The maximum atomic E-state index is 5.33. The molecule has 0 aliphatic heterocycles. The fraction of sp³-hybridized carbons (Fsp3) is 0. The van der Waals surface area contributed by atoms with Crippen LogP contribution in [0.4, 0.5) is 0 Å². The smallest absolute Gasteiger partial charge is 0.238 e. The normalized spacial score (nSPS) is 11.8. The molecule has 0 fully saturated rings.